The number of anilines is 2. The molecule has 1 aliphatic rings. The first-order valence-corrected chi connectivity index (χ1v) is 6.41. The number of likely N-dealkylation sites (N-methyl/N-ethyl adjacent to an activating group) is 1. The minimum atomic E-state index is -4.51. The molecule has 2 heterocycles. The Morgan fingerprint density at radius 3 is 2.76 bits per heavy atom. The van der Waals surface area contributed by atoms with Crippen molar-refractivity contribution in [1.82, 2.24) is 10.3 Å². The number of rotatable bonds is 3. The molecule has 1 atom stereocenters. The van der Waals surface area contributed by atoms with Crippen molar-refractivity contribution in [3.8, 4) is 0 Å². The highest BCUT2D eigenvalue weighted by Gasteiger charge is 2.35. The number of carbonyl (C=O) groups excluding carboxylic acids is 1. The van der Waals surface area contributed by atoms with Gasteiger partial charge in [-0.15, -0.1) is 0 Å². The van der Waals surface area contributed by atoms with Crippen molar-refractivity contribution in [1.29, 1.82) is 0 Å². The Kier molecular flexibility index (Phi) is 4.21. The first-order chi connectivity index (χ1) is 9.86. The van der Waals surface area contributed by atoms with Crippen LogP contribution in [-0.4, -0.2) is 30.5 Å². The van der Waals surface area contributed by atoms with Crippen LogP contribution in [-0.2, 0) is 11.0 Å². The van der Waals surface area contributed by atoms with Gasteiger partial charge in [-0.05, 0) is 25.0 Å². The number of hydrogen-bond acceptors (Lipinski definition) is 5. The lowest BCUT2D eigenvalue weighted by molar-refractivity contribution is -0.137. The molecule has 0 radical (unpaired) electrons. The predicted octanol–water partition coefficient (Wildman–Crippen LogP) is 1.10. The molecule has 1 amide bonds. The number of nitrogens with two attached hydrogens (primary N) is 1. The molecule has 1 aromatic heterocycles. The summed E-state index contributed by atoms with van der Waals surface area (Å²) in [6, 6.07) is 1.24. The second-order valence-electron chi connectivity index (χ2n) is 4.71. The standard InChI is InChI=1S/C12H16F3N5O/c1-17-11(21)8-3-2-4-20(8)10-6-7(12(13,14)15)5-9(18-10)19-16/h5-6,8H,2-4,16H2,1H3,(H,17,21)(H,18,19). The lowest BCUT2D eigenvalue weighted by Crippen LogP contribution is -2.42. The lowest BCUT2D eigenvalue weighted by Gasteiger charge is -2.25. The fourth-order valence-electron chi connectivity index (χ4n) is 2.38. The molecule has 1 saturated heterocycles. The summed E-state index contributed by atoms with van der Waals surface area (Å²) >= 11 is 0. The molecule has 1 unspecified atom stereocenters. The van der Waals surface area contributed by atoms with Gasteiger partial charge in [0.1, 0.15) is 17.7 Å². The highest BCUT2D eigenvalue weighted by atomic mass is 19.4. The van der Waals surface area contributed by atoms with Crippen molar-refractivity contribution in [2.75, 3.05) is 23.9 Å². The van der Waals surface area contributed by atoms with E-state index in [0.717, 1.165) is 12.1 Å². The van der Waals surface area contributed by atoms with Gasteiger partial charge in [0, 0.05) is 13.6 Å². The monoisotopic (exact) mass is 303 g/mol. The average Bonchev–Trinajstić information content (AvgIpc) is 2.94. The number of pyridine rings is 1. The van der Waals surface area contributed by atoms with Crippen molar-refractivity contribution < 1.29 is 18.0 Å². The van der Waals surface area contributed by atoms with Crippen LogP contribution in [0.15, 0.2) is 12.1 Å². The molecule has 9 heteroatoms. The van der Waals surface area contributed by atoms with Crippen LogP contribution in [0, 0.1) is 0 Å². The zero-order valence-electron chi connectivity index (χ0n) is 11.4. The largest absolute Gasteiger partial charge is 0.416 e. The molecule has 0 saturated carbocycles. The first-order valence-electron chi connectivity index (χ1n) is 6.41. The number of nitrogen functional groups attached to an aromatic ring is 1. The van der Waals surface area contributed by atoms with Gasteiger partial charge in [0.05, 0.1) is 5.56 Å². The minimum Gasteiger partial charge on any atom is -0.357 e. The van der Waals surface area contributed by atoms with Crippen LogP contribution in [0.5, 0.6) is 0 Å². The van der Waals surface area contributed by atoms with Gasteiger partial charge < -0.3 is 15.6 Å². The Bertz CT molecular complexity index is 534. The average molecular weight is 303 g/mol. The zero-order chi connectivity index (χ0) is 15.6. The molecule has 1 aliphatic heterocycles. The summed E-state index contributed by atoms with van der Waals surface area (Å²) in [5.74, 6) is 4.92. The van der Waals surface area contributed by atoms with Crippen molar-refractivity contribution in [2.45, 2.75) is 25.1 Å². The van der Waals surface area contributed by atoms with Gasteiger partial charge in [0.25, 0.3) is 0 Å². The number of hydrogen-bond donors (Lipinski definition) is 3. The summed E-state index contributed by atoms with van der Waals surface area (Å²) in [5, 5.41) is 2.51. The van der Waals surface area contributed by atoms with Gasteiger partial charge in [-0.25, -0.2) is 10.8 Å². The van der Waals surface area contributed by atoms with Crippen molar-refractivity contribution in [2.24, 2.45) is 5.84 Å². The van der Waals surface area contributed by atoms with Crippen LogP contribution < -0.4 is 21.5 Å². The number of aromatic nitrogens is 1. The van der Waals surface area contributed by atoms with E-state index >= 15 is 0 Å². The third-order valence-electron chi connectivity index (χ3n) is 3.38. The van der Waals surface area contributed by atoms with Crippen LogP contribution in [0.1, 0.15) is 18.4 Å². The molecule has 1 fully saturated rings. The number of halogens is 3. The Morgan fingerprint density at radius 1 is 1.48 bits per heavy atom. The number of nitrogens with one attached hydrogen (secondary N) is 2. The minimum absolute atomic E-state index is 0.0869. The summed E-state index contributed by atoms with van der Waals surface area (Å²) in [7, 11) is 1.49. The SMILES string of the molecule is CNC(=O)C1CCCN1c1cc(C(F)(F)F)cc(NN)n1. The third kappa shape index (κ3) is 3.18. The van der Waals surface area contributed by atoms with E-state index in [4.69, 9.17) is 5.84 Å². The fourth-order valence-corrected chi connectivity index (χ4v) is 2.38. The maximum Gasteiger partial charge on any atom is 0.416 e. The highest BCUT2D eigenvalue weighted by Crippen LogP contribution is 2.34. The van der Waals surface area contributed by atoms with Crippen molar-refractivity contribution in [3.05, 3.63) is 17.7 Å². The van der Waals surface area contributed by atoms with Crippen molar-refractivity contribution >= 4 is 17.5 Å². The summed E-state index contributed by atoms with van der Waals surface area (Å²) in [5.41, 5.74) is 1.26. The van der Waals surface area contributed by atoms with Gasteiger partial charge >= 0.3 is 6.18 Å². The van der Waals surface area contributed by atoms with E-state index in [1.54, 1.807) is 4.90 Å². The molecule has 21 heavy (non-hydrogen) atoms. The molecule has 0 aliphatic carbocycles. The summed E-state index contributed by atoms with van der Waals surface area (Å²) in [6.45, 7) is 0.469. The normalized spacial score (nSPS) is 18.7. The first kappa shape index (κ1) is 15.4. The van der Waals surface area contributed by atoms with Crippen LogP contribution in [0.2, 0.25) is 0 Å². The Balaban J connectivity index is 2.40. The molecule has 0 aromatic carbocycles. The van der Waals surface area contributed by atoms with Crippen LogP contribution >= 0.6 is 0 Å². The summed E-state index contributed by atoms with van der Waals surface area (Å²) in [4.78, 5) is 17.4. The van der Waals surface area contributed by atoms with E-state index in [-0.39, 0.29) is 17.5 Å². The Morgan fingerprint density at radius 2 is 2.19 bits per heavy atom. The lowest BCUT2D eigenvalue weighted by atomic mass is 10.2. The predicted molar refractivity (Wildman–Crippen MR) is 71.5 cm³/mol. The Hall–Kier alpha value is -2.03. The molecule has 116 valence electrons. The topological polar surface area (TPSA) is 83.3 Å². The summed E-state index contributed by atoms with van der Waals surface area (Å²) in [6.07, 6.45) is -3.23. The van der Waals surface area contributed by atoms with Crippen LogP contribution in [0.3, 0.4) is 0 Å². The van der Waals surface area contributed by atoms with Crippen LogP contribution in [0.25, 0.3) is 0 Å². The second-order valence-corrected chi connectivity index (χ2v) is 4.71. The van der Waals surface area contributed by atoms with Gasteiger partial charge in [0.15, 0.2) is 0 Å². The van der Waals surface area contributed by atoms with Gasteiger partial charge in [0.2, 0.25) is 5.91 Å². The molecule has 0 bridgehead atoms. The molecular weight excluding hydrogens is 287 g/mol. The highest BCUT2D eigenvalue weighted by molar-refractivity contribution is 5.85. The van der Waals surface area contributed by atoms with E-state index in [2.05, 4.69) is 15.7 Å². The smallest absolute Gasteiger partial charge is 0.357 e. The number of nitrogens with zero attached hydrogens (tertiary/aromatic N) is 2. The maximum absolute atomic E-state index is 12.9. The quantitative estimate of drug-likeness (QED) is 0.575. The number of alkyl halides is 3. The molecule has 4 N–H and O–H groups in total. The molecule has 1 aromatic rings. The number of hydrazine groups is 1. The number of carbonyl (C=O) groups is 1. The summed E-state index contributed by atoms with van der Waals surface area (Å²) < 4.78 is 38.7. The fraction of sp³-hybridized carbons (Fsp3) is 0.500. The van der Waals surface area contributed by atoms with E-state index < -0.39 is 17.8 Å². The van der Waals surface area contributed by atoms with Gasteiger partial charge in [-0.2, -0.15) is 13.2 Å². The van der Waals surface area contributed by atoms with E-state index in [1.807, 2.05) is 0 Å². The third-order valence-corrected chi connectivity index (χ3v) is 3.38. The zero-order valence-corrected chi connectivity index (χ0v) is 11.4. The van der Waals surface area contributed by atoms with Gasteiger partial charge in [-0.1, -0.05) is 0 Å². The van der Waals surface area contributed by atoms with Gasteiger partial charge in [-0.3, -0.25) is 4.79 Å². The molecule has 0 spiro atoms. The van der Waals surface area contributed by atoms with E-state index in [1.165, 1.54) is 7.05 Å². The molecule has 2 rings (SSSR count). The molecule has 6 nitrogen and oxygen atoms in total. The van der Waals surface area contributed by atoms with Crippen LogP contribution in [0.4, 0.5) is 24.8 Å². The maximum atomic E-state index is 12.9. The second kappa shape index (κ2) is 5.76. The molecular formula is C12H16F3N5O. The van der Waals surface area contributed by atoms with Crippen molar-refractivity contribution in [3.63, 3.8) is 0 Å². The van der Waals surface area contributed by atoms with E-state index in [0.29, 0.717) is 19.4 Å². The van der Waals surface area contributed by atoms with E-state index in [9.17, 15) is 18.0 Å². The number of amides is 1. The Labute approximate surface area is 119 Å².